The smallest absolute Gasteiger partial charge is 0.145 e. The summed E-state index contributed by atoms with van der Waals surface area (Å²) in [7, 11) is 0. The predicted molar refractivity (Wildman–Crippen MR) is 67.9 cm³/mol. The van der Waals surface area contributed by atoms with Gasteiger partial charge in [-0.2, -0.15) is 0 Å². The van der Waals surface area contributed by atoms with Crippen LogP contribution in [-0.4, -0.2) is 9.97 Å². The maximum Gasteiger partial charge on any atom is 0.145 e. The molecule has 3 rings (SSSR count). The highest BCUT2D eigenvalue weighted by Gasteiger charge is 2.27. The first-order chi connectivity index (χ1) is 8.85. The number of hydrazine groups is 1. The lowest BCUT2D eigenvalue weighted by molar-refractivity contribution is 0.517. The van der Waals surface area contributed by atoms with Crippen molar-refractivity contribution in [3.8, 4) is 0 Å². The van der Waals surface area contributed by atoms with Crippen molar-refractivity contribution in [1.29, 1.82) is 0 Å². The van der Waals surface area contributed by atoms with E-state index in [-0.39, 0.29) is 0 Å². The number of furan rings is 1. The third-order valence-electron chi connectivity index (χ3n) is 2.86. The molecule has 6 nitrogen and oxygen atoms in total. The van der Waals surface area contributed by atoms with Crippen LogP contribution in [0.15, 0.2) is 28.9 Å². The summed E-state index contributed by atoms with van der Waals surface area (Å²) in [5, 5.41) is 3.20. The predicted octanol–water partition coefficient (Wildman–Crippen LogP) is 1.84. The summed E-state index contributed by atoms with van der Waals surface area (Å²) in [6.07, 6.45) is 3.97. The van der Waals surface area contributed by atoms with Gasteiger partial charge >= 0.3 is 0 Å². The second-order valence-corrected chi connectivity index (χ2v) is 4.35. The van der Waals surface area contributed by atoms with E-state index in [9.17, 15) is 0 Å². The molecule has 4 N–H and O–H groups in total. The summed E-state index contributed by atoms with van der Waals surface area (Å²) in [4.78, 5) is 8.83. The lowest BCUT2D eigenvalue weighted by Gasteiger charge is -2.08. The van der Waals surface area contributed by atoms with Crippen LogP contribution < -0.4 is 16.6 Å². The molecule has 0 bridgehead atoms. The number of nitrogens with one attached hydrogen (secondary N) is 2. The molecule has 1 saturated carbocycles. The third kappa shape index (κ3) is 2.43. The molecule has 2 aromatic heterocycles. The van der Waals surface area contributed by atoms with Crippen molar-refractivity contribution in [3.05, 3.63) is 36.0 Å². The van der Waals surface area contributed by atoms with Gasteiger partial charge in [0.05, 0.1) is 12.8 Å². The summed E-state index contributed by atoms with van der Waals surface area (Å²) >= 11 is 0. The SMILES string of the molecule is NNc1cc(NCc2ccco2)nc(C2CC2)n1. The van der Waals surface area contributed by atoms with Crippen molar-refractivity contribution >= 4 is 11.6 Å². The van der Waals surface area contributed by atoms with Crippen molar-refractivity contribution < 1.29 is 4.42 Å². The van der Waals surface area contributed by atoms with E-state index in [0.29, 0.717) is 18.3 Å². The van der Waals surface area contributed by atoms with Crippen molar-refractivity contribution in [2.24, 2.45) is 5.84 Å². The van der Waals surface area contributed by atoms with E-state index in [1.807, 2.05) is 12.1 Å². The molecule has 6 heteroatoms. The molecule has 1 aliphatic rings. The quantitative estimate of drug-likeness (QED) is 0.550. The molecule has 18 heavy (non-hydrogen) atoms. The van der Waals surface area contributed by atoms with Gasteiger partial charge in [-0.25, -0.2) is 15.8 Å². The van der Waals surface area contributed by atoms with Crippen LogP contribution in [0.3, 0.4) is 0 Å². The van der Waals surface area contributed by atoms with Gasteiger partial charge in [0.15, 0.2) is 0 Å². The van der Waals surface area contributed by atoms with Gasteiger partial charge in [-0.3, -0.25) is 0 Å². The van der Waals surface area contributed by atoms with Crippen molar-refractivity contribution in [3.63, 3.8) is 0 Å². The van der Waals surface area contributed by atoms with Crippen LogP contribution in [0, 0.1) is 0 Å². The van der Waals surface area contributed by atoms with Gasteiger partial charge in [0.2, 0.25) is 0 Å². The number of hydrogen-bond acceptors (Lipinski definition) is 6. The second kappa shape index (κ2) is 4.66. The van der Waals surface area contributed by atoms with Crippen molar-refractivity contribution in [2.75, 3.05) is 10.7 Å². The Balaban J connectivity index is 1.75. The van der Waals surface area contributed by atoms with Gasteiger partial charge in [-0.05, 0) is 25.0 Å². The number of rotatable bonds is 5. The zero-order valence-electron chi connectivity index (χ0n) is 9.89. The minimum Gasteiger partial charge on any atom is -0.467 e. The number of nitrogen functional groups attached to an aromatic ring is 1. The Labute approximate surface area is 105 Å². The van der Waals surface area contributed by atoms with Crippen LogP contribution in [0.2, 0.25) is 0 Å². The fraction of sp³-hybridized carbons (Fsp3) is 0.333. The Morgan fingerprint density at radius 1 is 1.33 bits per heavy atom. The minimum atomic E-state index is 0.488. The lowest BCUT2D eigenvalue weighted by Crippen LogP contribution is -2.12. The number of nitrogens with zero attached hydrogens (tertiary/aromatic N) is 2. The average Bonchev–Trinajstić information content (AvgIpc) is 3.13. The molecule has 0 amide bonds. The van der Waals surface area contributed by atoms with Crippen LogP contribution in [0.4, 0.5) is 11.6 Å². The van der Waals surface area contributed by atoms with Crippen LogP contribution in [0.25, 0.3) is 0 Å². The maximum atomic E-state index is 5.41. The van der Waals surface area contributed by atoms with E-state index in [4.69, 9.17) is 10.3 Å². The molecule has 0 atom stereocenters. The fourth-order valence-electron chi connectivity index (χ4n) is 1.75. The molecule has 0 unspecified atom stereocenters. The first-order valence-electron chi connectivity index (χ1n) is 5.97. The number of nitrogens with two attached hydrogens (primary N) is 1. The first kappa shape index (κ1) is 11.0. The topological polar surface area (TPSA) is 89.0 Å². The van der Waals surface area contributed by atoms with E-state index in [0.717, 1.165) is 30.2 Å². The molecule has 1 aliphatic carbocycles. The minimum absolute atomic E-state index is 0.488. The van der Waals surface area contributed by atoms with E-state index in [2.05, 4.69) is 20.7 Å². The Morgan fingerprint density at radius 2 is 2.17 bits per heavy atom. The number of aromatic nitrogens is 2. The number of anilines is 2. The van der Waals surface area contributed by atoms with Crippen LogP contribution >= 0.6 is 0 Å². The molecular formula is C12H15N5O. The van der Waals surface area contributed by atoms with E-state index < -0.39 is 0 Å². The Hall–Kier alpha value is -2.08. The molecule has 94 valence electrons. The lowest BCUT2D eigenvalue weighted by atomic mass is 10.3. The first-order valence-corrected chi connectivity index (χ1v) is 5.97. The fourth-order valence-corrected chi connectivity index (χ4v) is 1.75. The van der Waals surface area contributed by atoms with Gasteiger partial charge < -0.3 is 15.2 Å². The zero-order chi connectivity index (χ0) is 12.4. The highest BCUT2D eigenvalue weighted by molar-refractivity contribution is 5.47. The summed E-state index contributed by atoms with van der Waals surface area (Å²) in [6.45, 7) is 0.595. The van der Waals surface area contributed by atoms with E-state index in [1.165, 1.54) is 0 Å². The molecule has 0 spiro atoms. The van der Waals surface area contributed by atoms with Gasteiger partial charge in [0.1, 0.15) is 23.2 Å². The van der Waals surface area contributed by atoms with Crippen molar-refractivity contribution in [2.45, 2.75) is 25.3 Å². The van der Waals surface area contributed by atoms with Crippen LogP contribution in [-0.2, 0) is 6.54 Å². The molecule has 2 heterocycles. The molecule has 0 radical (unpaired) electrons. The Morgan fingerprint density at radius 3 is 2.83 bits per heavy atom. The van der Waals surface area contributed by atoms with Gasteiger partial charge in [0.25, 0.3) is 0 Å². The normalized spacial score (nSPS) is 14.5. The zero-order valence-corrected chi connectivity index (χ0v) is 9.89. The number of hydrogen-bond donors (Lipinski definition) is 3. The maximum absolute atomic E-state index is 5.41. The highest BCUT2D eigenvalue weighted by Crippen LogP contribution is 2.38. The Kier molecular flexibility index (Phi) is 2.85. The molecular weight excluding hydrogens is 230 g/mol. The third-order valence-corrected chi connectivity index (χ3v) is 2.86. The standard InChI is InChI=1S/C12H15N5O/c13-17-11-6-10(14-7-9-2-1-5-18-9)15-12(16-11)8-3-4-8/h1-2,5-6,8H,3-4,7,13H2,(H2,14,15,16,17). The van der Waals surface area contributed by atoms with Crippen molar-refractivity contribution in [1.82, 2.24) is 9.97 Å². The largest absolute Gasteiger partial charge is 0.467 e. The van der Waals surface area contributed by atoms with E-state index in [1.54, 1.807) is 12.3 Å². The van der Waals surface area contributed by atoms with E-state index >= 15 is 0 Å². The van der Waals surface area contributed by atoms with Gasteiger partial charge in [0, 0.05) is 12.0 Å². The second-order valence-electron chi connectivity index (χ2n) is 4.35. The van der Waals surface area contributed by atoms with Gasteiger partial charge in [-0.1, -0.05) is 0 Å². The molecule has 2 aromatic rings. The summed E-state index contributed by atoms with van der Waals surface area (Å²) in [5.74, 6) is 9.01. The summed E-state index contributed by atoms with van der Waals surface area (Å²) in [6, 6.07) is 5.56. The van der Waals surface area contributed by atoms with Crippen LogP contribution in [0.1, 0.15) is 30.3 Å². The van der Waals surface area contributed by atoms with Crippen LogP contribution in [0.5, 0.6) is 0 Å². The Bertz CT molecular complexity index is 521. The molecule has 0 aromatic carbocycles. The average molecular weight is 245 g/mol. The molecule has 1 fully saturated rings. The molecule has 0 aliphatic heterocycles. The monoisotopic (exact) mass is 245 g/mol. The summed E-state index contributed by atoms with van der Waals surface area (Å²) in [5.41, 5.74) is 2.57. The highest BCUT2D eigenvalue weighted by atomic mass is 16.3. The summed E-state index contributed by atoms with van der Waals surface area (Å²) < 4.78 is 5.26. The molecule has 0 saturated heterocycles. The van der Waals surface area contributed by atoms with Gasteiger partial charge in [-0.15, -0.1) is 0 Å².